The summed E-state index contributed by atoms with van der Waals surface area (Å²) >= 11 is 0. The van der Waals surface area contributed by atoms with E-state index in [1.807, 2.05) is 49.9 Å². The van der Waals surface area contributed by atoms with Crippen molar-refractivity contribution in [3.8, 4) is 5.75 Å². The van der Waals surface area contributed by atoms with E-state index in [4.69, 9.17) is 9.47 Å². The second-order valence-corrected chi connectivity index (χ2v) is 8.33. The Morgan fingerprint density at radius 3 is 2.38 bits per heavy atom. The summed E-state index contributed by atoms with van der Waals surface area (Å²) in [6.45, 7) is 11.5. The lowest BCUT2D eigenvalue weighted by molar-refractivity contribution is 0.0185. The fourth-order valence-electron chi connectivity index (χ4n) is 3.13. The van der Waals surface area contributed by atoms with E-state index in [1.165, 1.54) is 0 Å². The first-order valence-corrected chi connectivity index (χ1v) is 10.4. The second kappa shape index (κ2) is 10.9. The highest BCUT2D eigenvalue weighted by atomic mass is 16.6. The normalized spacial score (nSPS) is 15.8. The van der Waals surface area contributed by atoms with E-state index in [2.05, 4.69) is 22.5 Å². The van der Waals surface area contributed by atoms with Crippen LogP contribution >= 0.6 is 0 Å². The van der Waals surface area contributed by atoms with Crippen molar-refractivity contribution in [3.63, 3.8) is 0 Å². The second-order valence-electron chi connectivity index (χ2n) is 8.33. The van der Waals surface area contributed by atoms with Gasteiger partial charge in [0.2, 0.25) is 0 Å². The molecule has 0 aliphatic carbocycles. The molecular formula is C22H36N4O3. The molecule has 0 saturated carbocycles. The van der Waals surface area contributed by atoms with Crippen molar-refractivity contribution in [2.45, 2.75) is 52.7 Å². The number of hydrogen-bond donors (Lipinski definition) is 2. The SMILES string of the molecule is CCNC(=NCc1ccc(OC)cc1)NCC1CCN(C(=O)OC(C)(C)C)CC1. The molecule has 29 heavy (non-hydrogen) atoms. The largest absolute Gasteiger partial charge is 0.497 e. The minimum Gasteiger partial charge on any atom is -0.497 e. The molecule has 0 radical (unpaired) electrons. The first-order valence-electron chi connectivity index (χ1n) is 10.4. The third kappa shape index (κ3) is 8.21. The van der Waals surface area contributed by atoms with Crippen LogP contribution in [0.1, 0.15) is 46.1 Å². The van der Waals surface area contributed by atoms with E-state index in [9.17, 15) is 4.79 Å². The number of rotatable bonds is 6. The molecule has 0 atom stereocenters. The lowest BCUT2D eigenvalue weighted by Gasteiger charge is -2.33. The average molecular weight is 405 g/mol. The molecule has 1 aromatic carbocycles. The van der Waals surface area contributed by atoms with Crippen LogP contribution in [0.5, 0.6) is 5.75 Å². The molecule has 2 rings (SSSR count). The molecule has 1 heterocycles. The highest BCUT2D eigenvalue weighted by molar-refractivity contribution is 5.79. The first-order chi connectivity index (χ1) is 13.8. The van der Waals surface area contributed by atoms with E-state index in [0.29, 0.717) is 12.5 Å². The zero-order valence-corrected chi connectivity index (χ0v) is 18.5. The molecule has 0 bridgehead atoms. The Bertz CT molecular complexity index is 660. The van der Waals surface area contributed by atoms with Crippen molar-refractivity contribution in [1.29, 1.82) is 0 Å². The number of nitrogens with one attached hydrogen (secondary N) is 2. The Morgan fingerprint density at radius 1 is 1.17 bits per heavy atom. The minimum absolute atomic E-state index is 0.210. The number of benzene rings is 1. The van der Waals surface area contributed by atoms with Crippen molar-refractivity contribution >= 4 is 12.1 Å². The number of carbonyl (C=O) groups is 1. The van der Waals surface area contributed by atoms with Crippen molar-refractivity contribution < 1.29 is 14.3 Å². The summed E-state index contributed by atoms with van der Waals surface area (Å²) in [6, 6.07) is 7.95. The smallest absolute Gasteiger partial charge is 0.410 e. The number of carbonyl (C=O) groups excluding carboxylic acids is 1. The molecule has 2 N–H and O–H groups in total. The number of nitrogens with zero attached hydrogens (tertiary/aromatic N) is 2. The molecule has 7 nitrogen and oxygen atoms in total. The lowest BCUT2D eigenvalue weighted by atomic mass is 9.97. The number of ether oxygens (including phenoxy) is 2. The summed E-state index contributed by atoms with van der Waals surface area (Å²) in [6.07, 6.45) is 1.71. The van der Waals surface area contributed by atoms with Crippen LogP contribution in [0.3, 0.4) is 0 Å². The molecule has 1 aliphatic rings. The van der Waals surface area contributed by atoms with Crippen molar-refractivity contribution in [2.75, 3.05) is 33.3 Å². The Hall–Kier alpha value is -2.44. The third-order valence-electron chi connectivity index (χ3n) is 4.75. The Kier molecular flexibility index (Phi) is 8.61. The third-order valence-corrected chi connectivity index (χ3v) is 4.75. The molecule has 1 aromatic rings. The maximum atomic E-state index is 12.2. The number of methoxy groups -OCH3 is 1. The Balaban J connectivity index is 1.79. The molecule has 0 unspecified atom stereocenters. The summed E-state index contributed by atoms with van der Waals surface area (Å²) in [5.74, 6) is 2.18. The van der Waals surface area contributed by atoms with Crippen LogP contribution in [-0.4, -0.2) is 55.8 Å². The summed E-state index contributed by atoms with van der Waals surface area (Å²) in [4.78, 5) is 18.7. The maximum Gasteiger partial charge on any atom is 0.410 e. The average Bonchev–Trinajstić information content (AvgIpc) is 2.69. The van der Waals surface area contributed by atoms with E-state index in [0.717, 1.165) is 56.3 Å². The Morgan fingerprint density at radius 2 is 1.83 bits per heavy atom. The number of hydrogen-bond acceptors (Lipinski definition) is 4. The summed E-state index contributed by atoms with van der Waals surface area (Å²) in [5, 5.41) is 6.74. The molecule has 1 fully saturated rings. The molecule has 162 valence electrons. The predicted octanol–water partition coefficient (Wildman–Crippen LogP) is 3.40. The molecule has 0 aromatic heterocycles. The molecular weight excluding hydrogens is 368 g/mol. The quantitative estimate of drug-likeness (QED) is 0.561. The van der Waals surface area contributed by atoms with Gasteiger partial charge in [-0.05, 0) is 64.2 Å². The summed E-state index contributed by atoms with van der Waals surface area (Å²) in [7, 11) is 1.67. The van der Waals surface area contributed by atoms with E-state index in [1.54, 1.807) is 7.11 Å². The first kappa shape index (κ1) is 22.8. The van der Waals surface area contributed by atoms with Gasteiger partial charge >= 0.3 is 6.09 Å². The van der Waals surface area contributed by atoms with E-state index >= 15 is 0 Å². The predicted molar refractivity (Wildman–Crippen MR) is 116 cm³/mol. The topological polar surface area (TPSA) is 75.2 Å². The van der Waals surface area contributed by atoms with Gasteiger partial charge in [0, 0.05) is 26.2 Å². The van der Waals surface area contributed by atoms with Gasteiger partial charge in [0.15, 0.2) is 5.96 Å². The van der Waals surface area contributed by atoms with Crippen LogP contribution in [0.4, 0.5) is 4.79 Å². The monoisotopic (exact) mass is 404 g/mol. The van der Waals surface area contributed by atoms with Gasteiger partial charge in [-0.25, -0.2) is 9.79 Å². The van der Waals surface area contributed by atoms with Gasteiger partial charge in [0.1, 0.15) is 11.4 Å². The van der Waals surface area contributed by atoms with Crippen molar-refractivity contribution in [2.24, 2.45) is 10.9 Å². The van der Waals surface area contributed by atoms with Crippen LogP contribution < -0.4 is 15.4 Å². The van der Waals surface area contributed by atoms with Crippen LogP contribution in [0.25, 0.3) is 0 Å². The minimum atomic E-state index is -0.448. The van der Waals surface area contributed by atoms with Gasteiger partial charge in [-0.1, -0.05) is 12.1 Å². The van der Waals surface area contributed by atoms with Gasteiger partial charge in [-0.2, -0.15) is 0 Å². The fourth-order valence-corrected chi connectivity index (χ4v) is 3.13. The van der Waals surface area contributed by atoms with Crippen LogP contribution in [0, 0.1) is 5.92 Å². The number of piperidine rings is 1. The summed E-state index contributed by atoms with van der Waals surface area (Å²) in [5.41, 5.74) is 0.685. The van der Waals surface area contributed by atoms with Gasteiger partial charge in [-0.3, -0.25) is 0 Å². The molecule has 0 spiro atoms. The molecule has 1 aliphatic heterocycles. The van der Waals surface area contributed by atoms with Crippen LogP contribution in [-0.2, 0) is 11.3 Å². The Labute approximate surface area is 174 Å². The summed E-state index contributed by atoms with van der Waals surface area (Å²) < 4.78 is 10.7. The molecule has 1 amide bonds. The van der Waals surface area contributed by atoms with Crippen LogP contribution in [0.15, 0.2) is 29.3 Å². The highest BCUT2D eigenvalue weighted by Crippen LogP contribution is 2.19. The maximum absolute atomic E-state index is 12.2. The van der Waals surface area contributed by atoms with Crippen molar-refractivity contribution in [3.05, 3.63) is 29.8 Å². The van der Waals surface area contributed by atoms with Gasteiger partial charge in [0.25, 0.3) is 0 Å². The lowest BCUT2D eigenvalue weighted by Crippen LogP contribution is -2.45. The molecule has 7 heteroatoms. The van der Waals surface area contributed by atoms with Gasteiger partial charge in [0.05, 0.1) is 13.7 Å². The van der Waals surface area contributed by atoms with E-state index < -0.39 is 5.60 Å². The van der Waals surface area contributed by atoms with Gasteiger partial charge in [-0.15, -0.1) is 0 Å². The number of amides is 1. The van der Waals surface area contributed by atoms with Crippen molar-refractivity contribution in [1.82, 2.24) is 15.5 Å². The standard InChI is InChI=1S/C22H36N4O3/c1-6-23-20(24-15-17-7-9-19(28-5)10-8-17)25-16-18-11-13-26(14-12-18)21(27)29-22(2,3)4/h7-10,18H,6,11-16H2,1-5H3,(H2,23,24,25). The van der Waals surface area contributed by atoms with Crippen LogP contribution in [0.2, 0.25) is 0 Å². The number of likely N-dealkylation sites (tertiary alicyclic amines) is 1. The van der Waals surface area contributed by atoms with E-state index in [-0.39, 0.29) is 6.09 Å². The number of guanidine groups is 1. The van der Waals surface area contributed by atoms with Gasteiger partial charge < -0.3 is 25.0 Å². The zero-order chi connectivity index (χ0) is 21.3. The fraction of sp³-hybridized carbons (Fsp3) is 0.636. The highest BCUT2D eigenvalue weighted by Gasteiger charge is 2.26. The zero-order valence-electron chi connectivity index (χ0n) is 18.5. The molecule has 1 saturated heterocycles. The number of aliphatic imine (C=N–C) groups is 1.